The van der Waals surface area contributed by atoms with Gasteiger partial charge < -0.3 is 21.3 Å². The number of hydrogen-bond acceptors (Lipinski definition) is 5. The second-order valence-electron chi connectivity index (χ2n) is 8.10. The fraction of sp³-hybridized carbons (Fsp3) is 0.524. The van der Waals surface area contributed by atoms with E-state index in [-0.39, 0.29) is 11.6 Å². The number of benzene rings is 1. The molecule has 0 spiro atoms. The maximum atomic E-state index is 10.8. The first-order valence-electron chi connectivity index (χ1n) is 9.75. The largest absolute Gasteiger partial charge is 0.507 e. The van der Waals surface area contributed by atoms with Crippen molar-refractivity contribution >= 4 is 22.4 Å². The Hall–Kier alpha value is -2.28. The molecule has 152 valence electrons. The number of aromatic hydroxyl groups is 1. The zero-order chi connectivity index (χ0) is 20.5. The Kier molecular flexibility index (Phi) is 5.84. The fourth-order valence-corrected chi connectivity index (χ4v) is 4.60. The Bertz CT molecular complexity index is 898. The molecule has 0 bridgehead atoms. The van der Waals surface area contributed by atoms with E-state index in [1.165, 1.54) is 11.3 Å². The topological polar surface area (TPSA) is 107 Å². The first-order chi connectivity index (χ1) is 13.2. The van der Waals surface area contributed by atoms with Gasteiger partial charge in [-0.05, 0) is 77.3 Å². The number of phenols is 1. The predicted octanol–water partition coefficient (Wildman–Crippen LogP) is 4.04. The van der Waals surface area contributed by atoms with E-state index in [0.29, 0.717) is 10.9 Å². The van der Waals surface area contributed by atoms with E-state index in [2.05, 4.69) is 30.7 Å². The number of aryl methyl sites for hydroxylation is 1. The van der Waals surface area contributed by atoms with Crippen LogP contribution in [0.3, 0.4) is 0 Å². The van der Waals surface area contributed by atoms with Crippen LogP contribution in [0, 0.1) is 13.8 Å². The summed E-state index contributed by atoms with van der Waals surface area (Å²) in [6.07, 6.45) is 7.48. The highest BCUT2D eigenvalue weighted by molar-refractivity contribution is 7.15. The molecule has 2 heterocycles. The number of nitrogens with two attached hydrogens (primary N) is 2. The van der Waals surface area contributed by atoms with Gasteiger partial charge in [-0.2, -0.15) is 4.99 Å². The molecule has 1 aromatic heterocycles. The van der Waals surface area contributed by atoms with Crippen LogP contribution in [0.1, 0.15) is 60.2 Å². The van der Waals surface area contributed by atoms with E-state index in [0.717, 1.165) is 71.4 Å². The molecule has 0 aliphatic carbocycles. The van der Waals surface area contributed by atoms with Gasteiger partial charge in [-0.15, -0.1) is 0 Å². The van der Waals surface area contributed by atoms with Crippen LogP contribution in [0.25, 0.3) is 0 Å². The Morgan fingerprint density at radius 2 is 1.96 bits per heavy atom. The number of aromatic nitrogens is 1. The lowest BCUT2D eigenvalue weighted by molar-refractivity contribution is 0.0831. The van der Waals surface area contributed by atoms with Crippen LogP contribution in [0.15, 0.2) is 11.2 Å². The Labute approximate surface area is 170 Å². The fourth-order valence-electron chi connectivity index (χ4n) is 3.75. The summed E-state index contributed by atoms with van der Waals surface area (Å²) in [6, 6.07) is 0. The lowest BCUT2D eigenvalue weighted by Gasteiger charge is -2.35. The molecule has 0 saturated heterocycles. The maximum Gasteiger partial charge on any atom is 0.212 e. The van der Waals surface area contributed by atoms with Crippen molar-refractivity contribution in [1.29, 1.82) is 0 Å². The van der Waals surface area contributed by atoms with Gasteiger partial charge in [0.05, 0.1) is 0 Å². The average molecular weight is 403 g/mol. The summed E-state index contributed by atoms with van der Waals surface area (Å²) in [7, 11) is 0. The molecular weight excluding hydrogens is 372 g/mol. The number of aliphatic imine (C=N–C) groups is 1. The third-order valence-electron chi connectivity index (χ3n) is 5.38. The van der Waals surface area contributed by atoms with Crippen LogP contribution in [-0.2, 0) is 19.3 Å². The van der Waals surface area contributed by atoms with Gasteiger partial charge in [-0.1, -0.05) is 11.3 Å². The van der Waals surface area contributed by atoms with E-state index in [1.54, 1.807) is 0 Å². The maximum absolute atomic E-state index is 10.8. The number of nitrogens with zero attached hydrogens (tertiary/aromatic N) is 2. The number of phenolic OH excluding ortho intramolecular Hbond substituents is 1. The zero-order valence-corrected chi connectivity index (χ0v) is 17.9. The number of ether oxygens (including phenoxy) is 1. The van der Waals surface area contributed by atoms with Crippen molar-refractivity contribution in [3.05, 3.63) is 33.3 Å². The molecule has 0 amide bonds. The minimum atomic E-state index is -0.155. The monoisotopic (exact) mass is 402 g/mol. The zero-order valence-electron chi connectivity index (χ0n) is 17.1. The lowest BCUT2D eigenvalue weighted by Crippen LogP contribution is -2.33. The quantitative estimate of drug-likeness (QED) is 0.384. The molecule has 3 rings (SSSR count). The number of rotatable bonds is 6. The molecule has 2 aromatic rings. The van der Waals surface area contributed by atoms with Gasteiger partial charge in [-0.25, -0.2) is 4.98 Å². The molecule has 0 fully saturated rings. The van der Waals surface area contributed by atoms with Crippen LogP contribution < -0.4 is 16.2 Å². The van der Waals surface area contributed by atoms with Gasteiger partial charge in [-0.3, -0.25) is 0 Å². The number of guanidine groups is 1. The van der Waals surface area contributed by atoms with Gasteiger partial charge in [0.25, 0.3) is 0 Å². The highest BCUT2D eigenvalue weighted by Crippen LogP contribution is 2.43. The second kappa shape index (κ2) is 7.99. The van der Waals surface area contributed by atoms with Crippen molar-refractivity contribution in [1.82, 2.24) is 4.98 Å². The van der Waals surface area contributed by atoms with E-state index in [4.69, 9.17) is 16.2 Å². The van der Waals surface area contributed by atoms with E-state index < -0.39 is 0 Å². The van der Waals surface area contributed by atoms with Gasteiger partial charge in [0, 0.05) is 22.2 Å². The second-order valence-corrected chi connectivity index (χ2v) is 9.19. The van der Waals surface area contributed by atoms with E-state index in [1.807, 2.05) is 13.1 Å². The van der Waals surface area contributed by atoms with Gasteiger partial charge in [0.2, 0.25) is 5.13 Å². The average Bonchev–Trinajstić information content (AvgIpc) is 3.05. The summed E-state index contributed by atoms with van der Waals surface area (Å²) in [5.41, 5.74) is 14.8. The number of hydrogen-bond donors (Lipinski definition) is 3. The van der Waals surface area contributed by atoms with Crippen molar-refractivity contribution in [2.45, 2.75) is 71.8 Å². The smallest absolute Gasteiger partial charge is 0.212 e. The third kappa shape index (κ3) is 4.41. The first-order valence-corrected chi connectivity index (χ1v) is 10.6. The van der Waals surface area contributed by atoms with Crippen LogP contribution >= 0.6 is 11.3 Å². The lowest BCUT2D eigenvalue weighted by atomic mass is 9.86. The molecule has 0 atom stereocenters. The number of fused-ring (bicyclic) bond motifs is 1. The normalized spacial score (nSPS) is 15.0. The summed E-state index contributed by atoms with van der Waals surface area (Å²) in [6.45, 7) is 8.33. The summed E-state index contributed by atoms with van der Waals surface area (Å²) in [4.78, 5) is 9.34. The Morgan fingerprint density at radius 3 is 2.68 bits per heavy atom. The summed E-state index contributed by atoms with van der Waals surface area (Å²) >= 11 is 1.51. The van der Waals surface area contributed by atoms with Crippen LogP contribution in [0.5, 0.6) is 11.5 Å². The SMILES string of the molecule is Cc1c(O)c(CCCCc2cnc(N=C(N)N)s2)c(C)c2c1CCC(C)(C)O2. The van der Waals surface area contributed by atoms with E-state index in [9.17, 15) is 5.11 Å². The minimum Gasteiger partial charge on any atom is -0.507 e. The van der Waals surface area contributed by atoms with E-state index >= 15 is 0 Å². The molecule has 1 aliphatic heterocycles. The Balaban J connectivity index is 1.67. The Morgan fingerprint density at radius 1 is 1.25 bits per heavy atom. The van der Waals surface area contributed by atoms with Crippen LogP contribution in [-0.4, -0.2) is 21.7 Å². The van der Waals surface area contributed by atoms with Crippen molar-refractivity contribution < 1.29 is 9.84 Å². The highest BCUT2D eigenvalue weighted by atomic mass is 32.1. The molecule has 6 nitrogen and oxygen atoms in total. The first kappa shape index (κ1) is 20.5. The molecule has 0 unspecified atom stereocenters. The van der Waals surface area contributed by atoms with Crippen LogP contribution in [0.4, 0.5) is 5.13 Å². The highest BCUT2D eigenvalue weighted by Gasteiger charge is 2.31. The summed E-state index contributed by atoms with van der Waals surface area (Å²) < 4.78 is 6.29. The summed E-state index contributed by atoms with van der Waals surface area (Å²) in [5.74, 6) is 1.44. The molecule has 0 radical (unpaired) electrons. The molecule has 7 heteroatoms. The molecule has 1 aromatic carbocycles. The predicted molar refractivity (Wildman–Crippen MR) is 115 cm³/mol. The van der Waals surface area contributed by atoms with Gasteiger partial charge in [0.15, 0.2) is 5.96 Å². The number of thiazole rings is 1. The number of unbranched alkanes of at least 4 members (excludes halogenated alkanes) is 1. The molecule has 28 heavy (non-hydrogen) atoms. The minimum absolute atomic E-state index is 0.0278. The summed E-state index contributed by atoms with van der Waals surface area (Å²) in [5, 5.41) is 11.4. The van der Waals surface area contributed by atoms with Crippen molar-refractivity contribution in [2.75, 3.05) is 0 Å². The van der Waals surface area contributed by atoms with Crippen molar-refractivity contribution in [2.24, 2.45) is 16.5 Å². The molecule has 5 N–H and O–H groups in total. The van der Waals surface area contributed by atoms with Gasteiger partial charge in [0.1, 0.15) is 17.1 Å². The third-order valence-corrected chi connectivity index (χ3v) is 6.33. The molecule has 0 saturated carbocycles. The van der Waals surface area contributed by atoms with Crippen molar-refractivity contribution in [3.8, 4) is 11.5 Å². The van der Waals surface area contributed by atoms with Gasteiger partial charge >= 0.3 is 0 Å². The molecular formula is C21H30N4O2S. The van der Waals surface area contributed by atoms with Crippen LogP contribution in [0.2, 0.25) is 0 Å². The standard InChI is InChI=1S/C21H30N4O2S/c1-12-16-9-10-21(3,4)27-18(16)13(2)15(17(12)26)8-6-5-7-14-11-24-20(28-14)25-19(22)23/h11,26H,5-10H2,1-4H3,(H4,22,23,24,25). The molecule has 1 aliphatic rings. The van der Waals surface area contributed by atoms with Crippen molar-refractivity contribution in [3.63, 3.8) is 0 Å².